The second-order valence-electron chi connectivity index (χ2n) is 3.62. The lowest BCUT2D eigenvalue weighted by Gasteiger charge is -2.31. The molecule has 1 aliphatic heterocycles. The monoisotopic (exact) mass is 260 g/mol. The smallest absolute Gasteiger partial charge is 0.128 e. The topological polar surface area (TPSA) is 47.3 Å². The van der Waals surface area contributed by atoms with E-state index < -0.39 is 5.60 Å². The highest BCUT2D eigenvalue weighted by molar-refractivity contribution is 9.10. The first-order valence-corrected chi connectivity index (χ1v) is 5.41. The number of nitrogens with zero attached hydrogens (tertiary/aromatic N) is 2. The Hall–Kier alpha value is -0.390. The van der Waals surface area contributed by atoms with Gasteiger partial charge in [0.1, 0.15) is 10.2 Å². The summed E-state index contributed by atoms with van der Waals surface area (Å²) in [6, 6.07) is 1.87. The van der Waals surface area contributed by atoms with Crippen LogP contribution in [0.2, 0.25) is 0 Å². The first-order valence-electron chi connectivity index (χ1n) is 4.62. The third-order valence-corrected chi connectivity index (χ3v) is 3.03. The standard InChI is InChI=1S/C9H13BrN2O2/c1-12-7(6-8(10)11-12)9(13)2-4-14-5-3-9/h6,13H,2-5H2,1H3. The molecule has 4 nitrogen and oxygen atoms in total. The van der Waals surface area contributed by atoms with Crippen LogP contribution < -0.4 is 0 Å². The van der Waals surface area contributed by atoms with Crippen LogP contribution in [-0.4, -0.2) is 28.1 Å². The molecular formula is C9H13BrN2O2. The normalized spacial score (nSPS) is 21.1. The number of aryl methyl sites for hydroxylation is 1. The van der Waals surface area contributed by atoms with E-state index in [1.165, 1.54) is 0 Å². The van der Waals surface area contributed by atoms with Gasteiger partial charge in [0.15, 0.2) is 0 Å². The summed E-state index contributed by atoms with van der Waals surface area (Å²) in [5, 5.41) is 14.5. The lowest BCUT2D eigenvalue weighted by Crippen LogP contribution is -2.35. The summed E-state index contributed by atoms with van der Waals surface area (Å²) in [5.41, 5.74) is 0.0825. The number of hydrogen-bond donors (Lipinski definition) is 1. The van der Waals surface area contributed by atoms with Crippen molar-refractivity contribution in [2.75, 3.05) is 13.2 Å². The van der Waals surface area contributed by atoms with Gasteiger partial charge in [-0.1, -0.05) is 0 Å². The van der Waals surface area contributed by atoms with Crippen LogP contribution in [0.1, 0.15) is 18.5 Å². The summed E-state index contributed by atoms with van der Waals surface area (Å²) in [5.74, 6) is 0. The summed E-state index contributed by atoms with van der Waals surface area (Å²) in [6.45, 7) is 1.22. The van der Waals surface area contributed by atoms with Crippen molar-refractivity contribution in [3.05, 3.63) is 16.4 Å². The molecule has 5 heteroatoms. The fraction of sp³-hybridized carbons (Fsp3) is 0.667. The molecule has 0 radical (unpaired) electrons. The maximum absolute atomic E-state index is 10.4. The number of rotatable bonds is 1. The SMILES string of the molecule is Cn1nc(Br)cc1C1(O)CCOCC1. The molecule has 0 saturated carbocycles. The first-order chi connectivity index (χ1) is 6.62. The van der Waals surface area contributed by atoms with Gasteiger partial charge in [-0.05, 0) is 22.0 Å². The van der Waals surface area contributed by atoms with E-state index in [9.17, 15) is 5.11 Å². The Morgan fingerprint density at radius 1 is 1.57 bits per heavy atom. The van der Waals surface area contributed by atoms with E-state index in [1.54, 1.807) is 4.68 Å². The Labute approximate surface area is 91.0 Å². The zero-order valence-corrected chi connectivity index (χ0v) is 9.62. The van der Waals surface area contributed by atoms with Crippen LogP contribution in [0.4, 0.5) is 0 Å². The van der Waals surface area contributed by atoms with E-state index in [4.69, 9.17) is 4.74 Å². The molecule has 14 heavy (non-hydrogen) atoms. The molecule has 1 N–H and O–H groups in total. The number of aliphatic hydroxyl groups is 1. The molecule has 2 rings (SSSR count). The van der Waals surface area contributed by atoms with Crippen molar-refractivity contribution in [2.45, 2.75) is 18.4 Å². The average molecular weight is 261 g/mol. The molecular weight excluding hydrogens is 248 g/mol. The highest BCUT2D eigenvalue weighted by Crippen LogP contribution is 2.32. The lowest BCUT2D eigenvalue weighted by molar-refractivity contribution is -0.0725. The van der Waals surface area contributed by atoms with Crippen molar-refractivity contribution in [3.63, 3.8) is 0 Å². The van der Waals surface area contributed by atoms with Crippen LogP contribution in [0.3, 0.4) is 0 Å². The van der Waals surface area contributed by atoms with Crippen molar-refractivity contribution in [3.8, 4) is 0 Å². The fourth-order valence-electron chi connectivity index (χ4n) is 1.83. The highest BCUT2D eigenvalue weighted by atomic mass is 79.9. The first kappa shape index (κ1) is 10.1. The minimum atomic E-state index is -0.772. The van der Waals surface area contributed by atoms with Crippen LogP contribution in [-0.2, 0) is 17.4 Å². The average Bonchev–Trinajstić information content (AvgIpc) is 2.47. The summed E-state index contributed by atoms with van der Waals surface area (Å²) >= 11 is 3.30. The third kappa shape index (κ3) is 1.71. The quantitative estimate of drug-likeness (QED) is 0.825. The molecule has 0 bridgehead atoms. The lowest BCUT2D eigenvalue weighted by atomic mass is 9.91. The van der Waals surface area contributed by atoms with Crippen LogP contribution in [0, 0.1) is 0 Å². The van der Waals surface area contributed by atoms with Crippen LogP contribution in [0.15, 0.2) is 10.7 Å². The van der Waals surface area contributed by atoms with Gasteiger partial charge in [0.2, 0.25) is 0 Å². The summed E-state index contributed by atoms with van der Waals surface area (Å²) in [7, 11) is 1.84. The van der Waals surface area contributed by atoms with Crippen molar-refractivity contribution in [1.82, 2.24) is 9.78 Å². The van der Waals surface area contributed by atoms with Gasteiger partial charge in [0.05, 0.1) is 5.69 Å². The Morgan fingerprint density at radius 2 is 2.21 bits per heavy atom. The molecule has 1 fully saturated rings. The second kappa shape index (κ2) is 3.64. The van der Waals surface area contributed by atoms with Crippen LogP contribution in [0.5, 0.6) is 0 Å². The van der Waals surface area contributed by atoms with E-state index >= 15 is 0 Å². The predicted octanol–water partition coefficient (Wildman–Crippen LogP) is 1.18. The van der Waals surface area contributed by atoms with E-state index in [0.717, 1.165) is 10.3 Å². The molecule has 78 valence electrons. The molecule has 1 aromatic heterocycles. The van der Waals surface area contributed by atoms with Gasteiger partial charge in [0.25, 0.3) is 0 Å². The molecule has 1 aliphatic rings. The van der Waals surface area contributed by atoms with Gasteiger partial charge in [-0.25, -0.2) is 0 Å². The number of hydrogen-bond acceptors (Lipinski definition) is 3. The number of aromatic nitrogens is 2. The van der Waals surface area contributed by atoms with Gasteiger partial charge < -0.3 is 9.84 Å². The molecule has 0 atom stereocenters. The zero-order valence-electron chi connectivity index (χ0n) is 8.03. The van der Waals surface area contributed by atoms with Gasteiger partial charge in [-0.2, -0.15) is 5.10 Å². The van der Waals surface area contributed by atoms with Gasteiger partial charge >= 0.3 is 0 Å². The molecule has 1 aromatic rings. The summed E-state index contributed by atoms with van der Waals surface area (Å²) in [4.78, 5) is 0. The molecule has 0 amide bonds. The minimum Gasteiger partial charge on any atom is -0.383 e. The zero-order chi connectivity index (χ0) is 10.2. The Morgan fingerprint density at radius 3 is 2.71 bits per heavy atom. The second-order valence-corrected chi connectivity index (χ2v) is 4.43. The molecule has 0 unspecified atom stereocenters. The van der Waals surface area contributed by atoms with E-state index in [0.29, 0.717) is 26.1 Å². The minimum absolute atomic E-state index is 0.610. The van der Waals surface area contributed by atoms with E-state index in [-0.39, 0.29) is 0 Å². The molecule has 1 saturated heterocycles. The fourth-order valence-corrected chi connectivity index (χ4v) is 2.29. The van der Waals surface area contributed by atoms with Gasteiger partial charge in [0, 0.05) is 33.1 Å². The van der Waals surface area contributed by atoms with E-state index in [1.807, 2.05) is 13.1 Å². The number of halogens is 1. The van der Waals surface area contributed by atoms with Crippen molar-refractivity contribution in [1.29, 1.82) is 0 Å². The molecule has 0 aromatic carbocycles. The van der Waals surface area contributed by atoms with E-state index in [2.05, 4.69) is 21.0 Å². The maximum atomic E-state index is 10.4. The molecule has 2 heterocycles. The van der Waals surface area contributed by atoms with Crippen LogP contribution in [0.25, 0.3) is 0 Å². The Balaban J connectivity index is 2.32. The summed E-state index contributed by atoms with van der Waals surface area (Å²) in [6.07, 6.45) is 1.28. The van der Waals surface area contributed by atoms with Crippen molar-refractivity contribution in [2.24, 2.45) is 7.05 Å². The summed E-state index contributed by atoms with van der Waals surface area (Å²) < 4.78 is 7.71. The highest BCUT2D eigenvalue weighted by Gasteiger charge is 2.34. The largest absolute Gasteiger partial charge is 0.383 e. The van der Waals surface area contributed by atoms with Crippen molar-refractivity contribution < 1.29 is 9.84 Å². The molecule has 0 spiro atoms. The van der Waals surface area contributed by atoms with Crippen LogP contribution >= 0.6 is 15.9 Å². The van der Waals surface area contributed by atoms with Gasteiger partial charge in [-0.3, -0.25) is 4.68 Å². The number of ether oxygens (including phenoxy) is 1. The van der Waals surface area contributed by atoms with Crippen molar-refractivity contribution >= 4 is 15.9 Å². The maximum Gasteiger partial charge on any atom is 0.128 e. The Bertz CT molecular complexity index is 332. The predicted molar refractivity (Wildman–Crippen MR) is 54.9 cm³/mol. The van der Waals surface area contributed by atoms with Gasteiger partial charge in [-0.15, -0.1) is 0 Å². The molecule has 0 aliphatic carbocycles. The third-order valence-electron chi connectivity index (χ3n) is 2.65. The Kier molecular flexibility index (Phi) is 2.64.